The van der Waals surface area contributed by atoms with Crippen LogP contribution in [0.15, 0.2) is 48.3 Å². The molecule has 1 unspecified atom stereocenters. The number of carbonyl (C=O) groups excluding carboxylic acids is 2. The van der Waals surface area contributed by atoms with E-state index in [4.69, 9.17) is 4.74 Å². The Hall–Kier alpha value is -3.15. The molecule has 2 aliphatic rings. The summed E-state index contributed by atoms with van der Waals surface area (Å²) in [7, 11) is 1.51. The second-order valence-electron chi connectivity index (χ2n) is 7.99. The standard InChI is InChI=1S/C24H26N2O4/c1-15-10-11-19(30-2)18(13-15)22(27)20-21(16-7-6-12-25-14-16)26(24(29)23(20)28)17-8-4-3-5-9-17/h6-7,10-14,17,21,27H,3-5,8-9H2,1-2H3/b22-20+. The van der Waals surface area contributed by atoms with Gasteiger partial charge in [-0.2, -0.15) is 0 Å². The van der Waals surface area contributed by atoms with Crippen molar-refractivity contribution in [2.75, 3.05) is 7.11 Å². The van der Waals surface area contributed by atoms with Gasteiger partial charge in [-0.25, -0.2) is 0 Å². The molecule has 4 rings (SSSR count). The summed E-state index contributed by atoms with van der Waals surface area (Å²) in [6, 6.07) is 8.33. The van der Waals surface area contributed by atoms with Crippen LogP contribution in [0, 0.1) is 6.92 Å². The number of hydrogen-bond donors (Lipinski definition) is 1. The lowest BCUT2D eigenvalue weighted by Crippen LogP contribution is -2.40. The number of aliphatic hydroxyl groups is 1. The minimum Gasteiger partial charge on any atom is -0.507 e. The molecule has 0 radical (unpaired) electrons. The Labute approximate surface area is 176 Å². The minimum atomic E-state index is -0.660. The molecule has 1 saturated heterocycles. The Morgan fingerprint density at radius 1 is 1.17 bits per heavy atom. The fourth-order valence-electron chi connectivity index (χ4n) is 4.60. The summed E-state index contributed by atoms with van der Waals surface area (Å²) in [5.41, 5.74) is 2.14. The zero-order valence-electron chi connectivity index (χ0n) is 17.3. The quantitative estimate of drug-likeness (QED) is 0.469. The van der Waals surface area contributed by atoms with Crippen LogP contribution in [0.1, 0.15) is 54.8 Å². The largest absolute Gasteiger partial charge is 0.507 e. The molecule has 1 aliphatic carbocycles. The Morgan fingerprint density at radius 2 is 1.93 bits per heavy atom. The number of amides is 1. The highest BCUT2D eigenvalue weighted by Gasteiger charge is 2.49. The molecule has 1 aromatic heterocycles. The zero-order valence-corrected chi connectivity index (χ0v) is 17.3. The Kier molecular flexibility index (Phi) is 5.57. The van der Waals surface area contributed by atoms with Crippen molar-refractivity contribution in [3.8, 4) is 5.75 Å². The van der Waals surface area contributed by atoms with E-state index < -0.39 is 17.7 Å². The number of Topliss-reactive ketones (excluding diaryl/α,β-unsaturated/α-hetero) is 1. The first-order valence-corrected chi connectivity index (χ1v) is 10.4. The predicted octanol–water partition coefficient (Wildman–Crippen LogP) is 4.15. The molecule has 30 heavy (non-hydrogen) atoms. The number of benzene rings is 1. The van der Waals surface area contributed by atoms with Gasteiger partial charge in [0, 0.05) is 18.4 Å². The van der Waals surface area contributed by atoms with Crippen LogP contribution in [0.2, 0.25) is 0 Å². The number of nitrogens with zero attached hydrogens (tertiary/aromatic N) is 2. The second kappa shape index (κ2) is 8.30. The van der Waals surface area contributed by atoms with E-state index in [-0.39, 0.29) is 17.4 Å². The van der Waals surface area contributed by atoms with E-state index >= 15 is 0 Å². The van der Waals surface area contributed by atoms with Gasteiger partial charge in [0.25, 0.3) is 11.7 Å². The highest BCUT2D eigenvalue weighted by Crippen LogP contribution is 2.43. The average Bonchev–Trinajstić information content (AvgIpc) is 3.05. The van der Waals surface area contributed by atoms with Crippen molar-refractivity contribution in [1.29, 1.82) is 0 Å². The number of ether oxygens (including phenoxy) is 1. The third-order valence-electron chi connectivity index (χ3n) is 6.06. The molecule has 156 valence electrons. The van der Waals surface area contributed by atoms with Crippen LogP contribution in [-0.2, 0) is 9.59 Å². The SMILES string of the molecule is COc1ccc(C)cc1/C(O)=C1\C(=O)C(=O)N(C2CCCCC2)C1c1cccnc1. The lowest BCUT2D eigenvalue weighted by molar-refractivity contribution is -0.141. The summed E-state index contributed by atoms with van der Waals surface area (Å²) in [5, 5.41) is 11.3. The van der Waals surface area contributed by atoms with E-state index in [9.17, 15) is 14.7 Å². The molecule has 2 fully saturated rings. The zero-order chi connectivity index (χ0) is 21.3. The molecule has 1 amide bonds. The summed E-state index contributed by atoms with van der Waals surface area (Å²) in [6.07, 6.45) is 8.22. The van der Waals surface area contributed by atoms with Crippen molar-refractivity contribution < 1.29 is 19.4 Å². The van der Waals surface area contributed by atoms with Crippen molar-refractivity contribution in [1.82, 2.24) is 9.88 Å². The molecule has 6 heteroatoms. The minimum absolute atomic E-state index is 0.0230. The van der Waals surface area contributed by atoms with E-state index in [2.05, 4.69) is 4.98 Å². The number of likely N-dealkylation sites (tertiary alicyclic amines) is 1. The maximum atomic E-state index is 13.2. The third kappa shape index (κ3) is 3.47. The van der Waals surface area contributed by atoms with Crippen LogP contribution in [0.5, 0.6) is 5.75 Å². The summed E-state index contributed by atoms with van der Waals surface area (Å²) in [4.78, 5) is 32.2. The molecule has 6 nitrogen and oxygen atoms in total. The topological polar surface area (TPSA) is 79.7 Å². The molecule has 1 saturated carbocycles. The highest BCUT2D eigenvalue weighted by molar-refractivity contribution is 6.46. The smallest absolute Gasteiger partial charge is 0.295 e. The lowest BCUT2D eigenvalue weighted by Gasteiger charge is -2.35. The molecule has 0 spiro atoms. The summed E-state index contributed by atoms with van der Waals surface area (Å²) >= 11 is 0. The van der Waals surface area contributed by atoms with Crippen molar-refractivity contribution in [3.05, 3.63) is 65.0 Å². The fraction of sp³-hybridized carbons (Fsp3) is 0.375. The number of methoxy groups -OCH3 is 1. The average molecular weight is 406 g/mol. The van der Waals surface area contributed by atoms with Crippen molar-refractivity contribution >= 4 is 17.4 Å². The van der Waals surface area contributed by atoms with E-state index in [0.29, 0.717) is 11.3 Å². The predicted molar refractivity (Wildman–Crippen MR) is 113 cm³/mol. The molecule has 1 N–H and O–H groups in total. The normalized spacial score (nSPS) is 21.8. The maximum absolute atomic E-state index is 13.2. The van der Waals surface area contributed by atoms with Crippen molar-refractivity contribution in [3.63, 3.8) is 0 Å². The molecular formula is C24H26N2O4. The van der Waals surface area contributed by atoms with Gasteiger partial charge in [0.2, 0.25) is 0 Å². The number of aryl methyl sites for hydroxylation is 1. The molecule has 1 aromatic carbocycles. The van der Waals surface area contributed by atoms with E-state index in [1.165, 1.54) is 7.11 Å². The fourth-order valence-corrected chi connectivity index (χ4v) is 4.60. The van der Waals surface area contributed by atoms with Crippen LogP contribution >= 0.6 is 0 Å². The van der Waals surface area contributed by atoms with Gasteiger partial charge in [-0.3, -0.25) is 14.6 Å². The van der Waals surface area contributed by atoms with Crippen molar-refractivity contribution in [2.24, 2.45) is 0 Å². The molecule has 1 aliphatic heterocycles. The summed E-state index contributed by atoms with van der Waals surface area (Å²) in [5.74, 6) is -0.965. The number of hydrogen-bond acceptors (Lipinski definition) is 5. The number of rotatable bonds is 4. The van der Waals surface area contributed by atoms with Crippen LogP contribution in [0.3, 0.4) is 0 Å². The summed E-state index contributed by atoms with van der Waals surface area (Å²) < 4.78 is 5.41. The van der Waals surface area contributed by atoms with E-state index in [0.717, 1.165) is 43.2 Å². The number of aromatic nitrogens is 1. The first kappa shape index (κ1) is 20.1. The van der Waals surface area contributed by atoms with Gasteiger partial charge in [0.15, 0.2) is 0 Å². The Bertz CT molecular complexity index is 994. The Balaban J connectivity index is 1.91. The van der Waals surface area contributed by atoms with Gasteiger partial charge in [-0.05, 0) is 43.5 Å². The van der Waals surface area contributed by atoms with Crippen LogP contribution in [0.4, 0.5) is 0 Å². The molecule has 1 atom stereocenters. The van der Waals surface area contributed by atoms with Crippen LogP contribution in [0.25, 0.3) is 5.76 Å². The van der Waals surface area contributed by atoms with Gasteiger partial charge in [0.1, 0.15) is 11.5 Å². The van der Waals surface area contributed by atoms with Crippen molar-refractivity contribution in [2.45, 2.75) is 51.1 Å². The van der Waals surface area contributed by atoms with Gasteiger partial charge in [-0.15, -0.1) is 0 Å². The van der Waals surface area contributed by atoms with Gasteiger partial charge in [0.05, 0.1) is 24.3 Å². The van der Waals surface area contributed by atoms with E-state index in [1.54, 1.807) is 35.5 Å². The first-order chi connectivity index (χ1) is 14.5. The lowest BCUT2D eigenvalue weighted by atomic mass is 9.91. The number of pyridine rings is 1. The van der Waals surface area contributed by atoms with Gasteiger partial charge < -0.3 is 14.7 Å². The van der Waals surface area contributed by atoms with Crippen LogP contribution < -0.4 is 4.74 Å². The van der Waals surface area contributed by atoms with Gasteiger partial charge in [-0.1, -0.05) is 37.0 Å². The number of ketones is 1. The molecule has 0 bridgehead atoms. The second-order valence-corrected chi connectivity index (χ2v) is 7.99. The first-order valence-electron chi connectivity index (χ1n) is 10.4. The maximum Gasteiger partial charge on any atom is 0.295 e. The molecule has 2 aromatic rings. The molecule has 2 heterocycles. The molecular weight excluding hydrogens is 380 g/mol. The Morgan fingerprint density at radius 3 is 2.60 bits per heavy atom. The van der Waals surface area contributed by atoms with Crippen LogP contribution in [-0.4, -0.2) is 39.8 Å². The number of carbonyl (C=O) groups is 2. The third-order valence-corrected chi connectivity index (χ3v) is 6.06. The van der Waals surface area contributed by atoms with Gasteiger partial charge >= 0.3 is 0 Å². The number of aliphatic hydroxyl groups excluding tert-OH is 1. The van der Waals surface area contributed by atoms with E-state index in [1.807, 2.05) is 19.1 Å². The summed E-state index contributed by atoms with van der Waals surface area (Å²) in [6.45, 7) is 1.90. The monoisotopic (exact) mass is 406 g/mol. The highest BCUT2D eigenvalue weighted by atomic mass is 16.5.